The van der Waals surface area contributed by atoms with Gasteiger partial charge in [0, 0.05) is 5.56 Å². The third-order valence-electron chi connectivity index (χ3n) is 3.36. The van der Waals surface area contributed by atoms with Gasteiger partial charge < -0.3 is 26.2 Å². The number of quaternary nitrogens is 1. The van der Waals surface area contributed by atoms with Crippen LogP contribution in [-0.4, -0.2) is 43.9 Å². The molecule has 0 aliphatic carbocycles. The molecule has 1 saturated heterocycles. The van der Waals surface area contributed by atoms with Crippen LogP contribution in [0.4, 0.5) is 0 Å². The number of hydrogen-bond acceptors (Lipinski definition) is 1. The van der Waals surface area contributed by atoms with Gasteiger partial charge in [-0.1, -0.05) is 30.7 Å². The van der Waals surface area contributed by atoms with Crippen LogP contribution in [0.2, 0.25) is 0 Å². The van der Waals surface area contributed by atoms with Gasteiger partial charge >= 0.3 is 0 Å². The minimum Gasteiger partial charge on any atom is -1.00 e. The Kier molecular flexibility index (Phi) is 6.86. The summed E-state index contributed by atoms with van der Waals surface area (Å²) >= 11 is 0. The minimum absolute atomic E-state index is 0. The summed E-state index contributed by atoms with van der Waals surface area (Å²) in [4.78, 5) is 0. The van der Waals surface area contributed by atoms with Crippen molar-refractivity contribution >= 4 is 0 Å². The summed E-state index contributed by atoms with van der Waals surface area (Å²) in [5.41, 5.74) is 1.09. The molecular formula is C16H20BrNO. The zero-order valence-corrected chi connectivity index (χ0v) is 12.7. The Labute approximate surface area is 126 Å². The van der Waals surface area contributed by atoms with Gasteiger partial charge in [-0.05, 0) is 24.1 Å². The highest BCUT2D eigenvalue weighted by atomic mass is 79.9. The largest absolute Gasteiger partial charge is 1.00 e. The van der Waals surface area contributed by atoms with E-state index in [4.69, 9.17) is 4.74 Å². The van der Waals surface area contributed by atoms with E-state index in [0.717, 1.165) is 49.4 Å². The molecule has 0 radical (unpaired) electrons. The highest BCUT2D eigenvalue weighted by Gasteiger charge is 2.27. The highest BCUT2D eigenvalue weighted by molar-refractivity contribution is 5.33. The van der Waals surface area contributed by atoms with Gasteiger partial charge in [0.1, 0.15) is 19.6 Å². The van der Waals surface area contributed by atoms with Crippen molar-refractivity contribution < 1.29 is 26.2 Å². The van der Waals surface area contributed by atoms with Crippen LogP contribution in [0, 0.1) is 11.8 Å². The molecule has 1 fully saturated rings. The fourth-order valence-electron chi connectivity index (χ4n) is 2.24. The highest BCUT2D eigenvalue weighted by Crippen LogP contribution is 2.10. The van der Waals surface area contributed by atoms with Gasteiger partial charge in [0.05, 0.1) is 19.8 Å². The summed E-state index contributed by atoms with van der Waals surface area (Å²) in [6.45, 7) is 9.46. The van der Waals surface area contributed by atoms with Crippen LogP contribution < -0.4 is 17.0 Å². The molecule has 1 aliphatic rings. The lowest BCUT2D eigenvalue weighted by atomic mass is 10.2. The zero-order valence-electron chi connectivity index (χ0n) is 11.1. The van der Waals surface area contributed by atoms with Gasteiger partial charge in [-0.3, -0.25) is 0 Å². The van der Waals surface area contributed by atoms with Crippen LogP contribution in [0.5, 0.6) is 0 Å². The maximum Gasteiger partial charge on any atom is 0.141 e. The lowest BCUT2D eigenvalue weighted by Gasteiger charge is -2.39. The van der Waals surface area contributed by atoms with Gasteiger partial charge in [0.25, 0.3) is 0 Å². The summed E-state index contributed by atoms with van der Waals surface area (Å²) in [7, 11) is 0. The molecule has 0 bridgehead atoms. The second-order valence-electron chi connectivity index (χ2n) is 4.70. The zero-order chi connectivity index (χ0) is 12.7. The molecular weight excluding hydrogens is 302 g/mol. The standard InChI is InChI=1S/C16H20NO.BrH/c1-2-10-17(12-14-18-15-13-17)11-6-9-16-7-4-3-5-8-16;/h2-5,7-8H,1,10-15H2;1H/q+1;/p-1. The number of benzene rings is 1. The van der Waals surface area contributed by atoms with E-state index in [1.807, 2.05) is 36.4 Å². The molecule has 1 heterocycles. The number of hydrogen-bond donors (Lipinski definition) is 0. The van der Waals surface area contributed by atoms with Crippen LogP contribution in [0.25, 0.3) is 0 Å². The molecule has 0 atom stereocenters. The second kappa shape index (κ2) is 8.16. The summed E-state index contributed by atoms with van der Waals surface area (Å²) < 4.78 is 6.43. The third kappa shape index (κ3) is 4.83. The molecule has 0 amide bonds. The van der Waals surface area contributed by atoms with Crippen LogP contribution in [0.3, 0.4) is 0 Å². The van der Waals surface area contributed by atoms with E-state index in [1.54, 1.807) is 0 Å². The molecule has 1 aromatic rings. The Bertz CT molecular complexity index is 441. The molecule has 0 saturated carbocycles. The van der Waals surface area contributed by atoms with Crippen molar-refractivity contribution in [2.75, 3.05) is 39.4 Å². The first kappa shape index (κ1) is 16.0. The number of rotatable bonds is 3. The van der Waals surface area contributed by atoms with Crippen molar-refractivity contribution in [3.8, 4) is 11.8 Å². The van der Waals surface area contributed by atoms with Crippen molar-refractivity contribution in [3.05, 3.63) is 48.6 Å². The summed E-state index contributed by atoms with van der Waals surface area (Å²) in [6.07, 6.45) is 2.00. The number of halogens is 1. The minimum atomic E-state index is 0. The van der Waals surface area contributed by atoms with Gasteiger partial charge in [-0.25, -0.2) is 0 Å². The van der Waals surface area contributed by atoms with Crippen LogP contribution in [0.15, 0.2) is 43.0 Å². The quantitative estimate of drug-likeness (QED) is 0.397. The SMILES string of the molecule is C=CC[N+]1(CC#Cc2ccccc2)CCOCC1.[Br-]. The van der Waals surface area contributed by atoms with Gasteiger partial charge in [-0.15, -0.1) is 0 Å². The predicted molar refractivity (Wildman–Crippen MR) is 74.1 cm³/mol. The van der Waals surface area contributed by atoms with E-state index in [9.17, 15) is 0 Å². The van der Waals surface area contributed by atoms with Crippen molar-refractivity contribution in [2.45, 2.75) is 0 Å². The lowest BCUT2D eigenvalue weighted by Crippen LogP contribution is -3.00. The van der Waals surface area contributed by atoms with E-state index in [2.05, 4.69) is 18.4 Å². The Morgan fingerprint density at radius 3 is 2.53 bits per heavy atom. The molecule has 0 unspecified atom stereocenters. The average Bonchev–Trinajstić information content (AvgIpc) is 2.41. The van der Waals surface area contributed by atoms with E-state index < -0.39 is 0 Å². The Balaban J connectivity index is 0.00000180. The number of nitrogens with zero attached hydrogens (tertiary/aromatic N) is 1. The molecule has 0 spiro atoms. The van der Waals surface area contributed by atoms with E-state index in [1.165, 1.54) is 0 Å². The maximum absolute atomic E-state index is 5.44. The van der Waals surface area contributed by atoms with Crippen LogP contribution in [0.1, 0.15) is 5.56 Å². The lowest BCUT2D eigenvalue weighted by molar-refractivity contribution is -0.923. The maximum atomic E-state index is 5.44. The normalized spacial score (nSPS) is 16.6. The van der Waals surface area contributed by atoms with Gasteiger partial charge in [0.15, 0.2) is 0 Å². The Hall–Kier alpha value is -1.08. The first-order valence-corrected chi connectivity index (χ1v) is 6.42. The molecule has 2 rings (SSSR count). The summed E-state index contributed by atoms with van der Waals surface area (Å²) in [6, 6.07) is 10.1. The Morgan fingerprint density at radius 2 is 1.89 bits per heavy atom. The van der Waals surface area contributed by atoms with Crippen molar-refractivity contribution in [1.82, 2.24) is 0 Å². The van der Waals surface area contributed by atoms with E-state index >= 15 is 0 Å². The first-order valence-electron chi connectivity index (χ1n) is 6.42. The molecule has 0 N–H and O–H groups in total. The predicted octanol–water partition coefficient (Wildman–Crippen LogP) is -0.925. The summed E-state index contributed by atoms with van der Waals surface area (Å²) in [5, 5.41) is 0. The van der Waals surface area contributed by atoms with Crippen molar-refractivity contribution in [2.24, 2.45) is 0 Å². The fourth-order valence-corrected chi connectivity index (χ4v) is 2.24. The van der Waals surface area contributed by atoms with Crippen molar-refractivity contribution in [1.29, 1.82) is 0 Å². The topological polar surface area (TPSA) is 9.23 Å². The molecule has 1 aromatic carbocycles. The fraction of sp³-hybridized carbons (Fsp3) is 0.375. The van der Waals surface area contributed by atoms with Gasteiger partial charge in [0.2, 0.25) is 0 Å². The first-order chi connectivity index (χ1) is 8.85. The molecule has 1 aliphatic heterocycles. The van der Waals surface area contributed by atoms with Crippen molar-refractivity contribution in [3.63, 3.8) is 0 Å². The monoisotopic (exact) mass is 321 g/mol. The van der Waals surface area contributed by atoms with Crippen LogP contribution in [-0.2, 0) is 4.74 Å². The van der Waals surface area contributed by atoms with E-state index in [-0.39, 0.29) is 17.0 Å². The van der Waals surface area contributed by atoms with E-state index in [0.29, 0.717) is 0 Å². The van der Waals surface area contributed by atoms with Gasteiger partial charge in [-0.2, -0.15) is 0 Å². The molecule has 0 aromatic heterocycles. The third-order valence-corrected chi connectivity index (χ3v) is 3.36. The molecule has 3 heteroatoms. The second-order valence-corrected chi connectivity index (χ2v) is 4.70. The molecule has 19 heavy (non-hydrogen) atoms. The smallest absolute Gasteiger partial charge is 0.141 e. The molecule has 2 nitrogen and oxygen atoms in total. The molecule has 102 valence electrons. The summed E-state index contributed by atoms with van der Waals surface area (Å²) in [5.74, 6) is 6.55. The van der Waals surface area contributed by atoms with Crippen LogP contribution >= 0.6 is 0 Å². The number of morpholine rings is 1. The number of ether oxygens (including phenoxy) is 1. The Morgan fingerprint density at radius 1 is 1.21 bits per heavy atom. The average molecular weight is 322 g/mol.